The van der Waals surface area contributed by atoms with Gasteiger partial charge in [0.2, 0.25) is 0 Å². The van der Waals surface area contributed by atoms with E-state index in [2.05, 4.69) is 0 Å². The van der Waals surface area contributed by atoms with Crippen LogP contribution in [-0.4, -0.2) is 158 Å². The van der Waals surface area contributed by atoms with Crippen LogP contribution >= 0.6 is 0 Å². The normalized spacial score (nSPS) is 28.7. The minimum absolute atomic E-state index is 0.333. The average molecular weight is 527 g/mol. The summed E-state index contributed by atoms with van der Waals surface area (Å²) in [6, 6.07) is 0. The zero-order chi connectivity index (χ0) is 25.2. The van der Waals surface area contributed by atoms with Gasteiger partial charge in [-0.05, 0) is 0 Å². The number of hydrogen-bond acceptors (Lipinski definition) is 12. The maximum atomic E-state index is 6.10. The Bertz CT molecular complexity index is 419. The van der Waals surface area contributed by atoms with E-state index in [9.17, 15) is 0 Å². The molecule has 214 valence electrons. The van der Waals surface area contributed by atoms with E-state index < -0.39 is 0 Å². The second kappa shape index (κ2) is 24.8. The van der Waals surface area contributed by atoms with Gasteiger partial charge in [0.15, 0.2) is 0 Å². The van der Waals surface area contributed by atoms with Crippen LogP contribution in [0.15, 0.2) is 0 Å². The predicted molar refractivity (Wildman–Crippen MR) is 128 cm³/mol. The van der Waals surface area contributed by atoms with Crippen LogP contribution in [0.5, 0.6) is 0 Å². The minimum Gasteiger partial charge on any atom is -0.377 e. The predicted octanol–water partition coefficient (Wildman–Crippen LogP) is -0.0500. The van der Waals surface area contributed by atoms with Gasteiger partial charge < -0.3 is 56.8 Å². The number of rotatable bonds is 0. The topological polar surface area (TPSA) is 111 Å². The summed E-state index contributed by atoms with van der Waals surface area (Å²) in [5, 5.41) is 0. The molecule has 0 aromatic heterocycles. The van der Waals surface area contributed by atoms with E-state index >= 15 is 0 Å². The van der Waals surface area contributed by atoms with Gasteiger partial charge in [-0.15, -0.1) is 0 Å². The monoisotopic (exact) mass is 526 g/mol. The molecule has 2 heterocycles. The molecule has 0 bridgehead atoms. The lowest BCUT2D eigenvalue weighted by molar-refractivity contribution is -0.144. The summed E-state index contributed by atoms with van der Waals surface area (Å²) in [4.78, 5) is 0. The second-order valence-electron chi connectivity index (χ2n) is 7.87. The lowest BCUT2D eigenvalue weighted by Gasteiger charge is -2.27. The molecule has 0 unspecified atom stereocenters. The molecular weight excluding hydrogens is 480 g/mol. The fourth-order valence-electron chi connectivity index (χ4n) is 3.20. The van der Waals surface area contributed by atoms with Crippen molar-refractivity contribution >= 4 is 0 Å². The Labute approximate surface area is 214 Å². The van der Waals surface area contributed by atoms with Gasteiger partial charge in [-0.25, -0.2) is 0 Å². The van der Waals surface area contributed by atoms with Gasteiger partial charge in [0.05, 0.1) is 145 Å². The van der Waals surface area contributed by atoms with E-state index in [0.717, 1.165) is 0 Å². The molecule has 2 saturated heterocycles. The summed E-state index contributed by atoms with van der Waals surface area (Å²) in [7, 11) is 0. The van der Waals surface area contributed by atoms with E-state index in [-0.39, 0.29) is 12.2 Å². The molecular formula is C24H46O12. The van der Waals surface area contributed by atoms with Crippen molar-refractivity contribution in [2.24, 2.45) is 0 Å². The standard InChI is InChI=1S/C24H46O12/c1-2-26-6-8-30-14-16-34-22-24-23(21-33-15-13-29-7-5-25-1)35-19-17-31-11-9-27-3-4-28-10-12-32-18-20-36-24/h23-24H,1-22H2/t23-,24+. The van der Waals surface area contributed by atoms with Crippen LogP contribution in [0, 0.1) is 0 Å². The smallest absolute Gasteiger partial charge is 0.109 e. The molecule has 0 aromatic rings. The minimum atomic E-state index is -0.352. The first-order chi connectivity index (χ1) is 18.0. The highest BCUT2D eigenvalue weighted by atomic mass is 16.6. The highest BCUT2D eigenvalue weighted by Gasteiger charge is 2.24. The summed E-state index contributed by atoms with van der Waals surface area (Å²) in [6.45, 7) is 10.2. The van der Waals surface area contributed by atoms with Crippen LogP contribution in [0.25, 0.3) is 0 Å². The van der Waals surface area contributed by atoms with E-state index in [1.165, 1.54) is 0 Å². The molecule has 2 atom stereocenters. The first-order valence-electron chi connectivity index (χ1n) is 13.0. The molecule has 0 saturated carbocycles. The summed E-state index contributed by atoms with van der Waals surface area (Å²) >= 11 is 0. The molecule has 0 radical (unpaired) electrons. The quantitative estimate of drug-likeness (QED) is 0.422. The number of fused-ring (bicyclic) bond motifs is 1. The molecule has 0 spiro atoms. The van der Waals surface area contributed by atoms with Crippen molar-refractivity contribution in [1.82, 2.24) is 0 Å². The Morgan fingerprint density at radius 3 is 0.667 bits per heavy atom. The Morgan fingerprint density at radius 1 is 0.222 bits per heavy atom. The van der Waals surface area contributed by atoms with E-state index in [1.807, 2.05) is 0 Å². The summed E-state index contributed by atoms with van der Waals surface area (Å²) in [5.74, 6) is 0. The number of ether oxygens (including phenoxy) is 12. The average Bonchev–Trinajstić information content (AvgIpc) is 2.88. The Hall–Kier alpha value is -0.480. The number of hydrogen-bond donors (Lipinski definition) is 0. The summed E-state index contributed by atoms with van der Waals surface area (Å²) < 4.78 is 68.1. The van der Waals surface area contributed by atoms with Gasteiger partial charge >= 0.3 is 0 Å². The molecule has 12 nitrogen and oxygen atoms in total. The summed E-state index contributed by atoms with van der Waals surface area (Å²) in [5.41, 5.74) is 0. The zero-order valence-electron chi connectivity index (χ0n) is 21.6. The molecule has 36 heavy (non-hydrogen) atoms. The lowest BCUT2D eigenvalue weighted by atomic mass is 10.2. The maximum Gasteiger partial charge on any atom is 0.109 e. The van der Waals surface area contributed by atoms with Crippen molar-refractivity contribution in [3.8, 4) is 0 Å². The van der Waals surface area contributed by atoms with Gasteiger partial charge in [-0.3, -0.25) is 0 Å². The van der Waals surface area contributed by atoms with Crippen molar-refractivity contribution in [1.29, 1.82) is 0 Å². The van der Waals surface area contributed by atoms with Crippen molar-refractivity contribution < 1.29 is 56.8 Å². The molecule has 2 rings (SSSR count). The molecule has 0 N–H and O–H groups in total. The van der Waals surface area contributed by atoms with Crippen molar-refractivity contribution in [3.63, 3.8) is 0 Å². The molecule has 2 aliphatic heterocycles. The van der Waals surface area contributed by atoms with Gasteiger partial charge in [0, 0.05) is 0 Å². The van der Waals surface area contributed by atoms with Crippen molar-refractivity contribution in [2.45, 2.75) is 12.2 Å². The van der Waals surface area contributed by atoms with Crippen LogP contribution in [0.2, 0.25) is 0 Å². The zero-order valence-corrected chi connectivity index (χ0v) is 21.6. The van der Waals surface area contributed by atoms with Gasteiger partial charge in [0.1, 0.15) is 12.2 Å². The van der Waals surface area contributed by atoms with Crippen LogP contribution in [0.3, 0.4) is 0 Å². The van der Waals surface area contributed by atoms with E-state index in [4.69, 9.17) is 56.8 Å². The maximum absolute atomic E-state index is 6.10. The molecule has 0 amide bonds. The fraction of sp³-hybridized carbons (Fsp3) is 1.00. The molecule has 0 aliphatic carbocycles. The Kier molecular flexibility index (Phi) is 21.9. The fourth-order valence-corrected chi connectivity index (χ4v) is 3.20. The summed E-state index contributed by atoms with van der Waals surface area (Å²) in [6.07, 6.45) is -0.703. The Balaban J connectivity index is 1.86. The first-order valence-corrected chi connectivity index (χ1v) is 13.0. The third-order valence-electron chi connectivity index (χ3n) is 5.07. The van der Waals surface area contributed by atoms with Crippen molar-refractivity contribution in [2.75, 3.05) is 145 Å². The van der Waals surface area contributed by atoms with Gasteiger partial charge in [-0.2, -0.15) is 0 Å². The molecule has 12 heteroatoms. The highest BCUT2D eigenvalue weighted by molar-refractivity contribution is 4.71. The SMILES string of the molecule is C1COCCOCCOC[C@H]2OCCOCCOCCOCCOCCO[C@H]2COCCOCCO1. The van der Waals surface area contributed by atoms with E-state index in [0.29, 0.717) is 145 Å². The van der Waals surface area contributed by atoms with E-state index in [1.54, 1.807) is 0 Å². The third-order valence-corrected chi connectivity index (χ3v) is 5.07. The molecule has 2 aliphatic rings. The van der Waals surface area contributed by atoms with Crippen LogP contribution in [-0.2, 0) is 56.8 Å². The third kappa shape index (κ3) is 18.7. The first kappa shape index (κ1) is 31.7. The van der Waals surface area contributed by atoms with Crippen LogP contribution in [0.4, 0.5) is 0 Å². The highest BCUT2D eigenvalue weighted by Crippen LogP contribution is 2.08. The lowest BCUT2D eigenvalue weighted by Crippen LogP contribution is -2.41. The Morgan fingerprint density at radius 2 is 0.417 bits per heavy atom. The van der Waals surface area contributed by atoms with Crippen LogP contribution < -0.4 is 0 Å². The van der Waals surface area contributed by atoms with Crippen molar-refractivity contribution in [3.05, 3.63) is 0 Å². The largest absolute Gasteiger partial charge is 0.377 e. The second-order valence-corrected chi connectivity index (χ2v) is 7.87. The van der Waals surface area contributed by atoms with Gasteiger partial charge in [-0.1, -0.05) is 0 Å². The van der Waals surface area contributed by atoms with Gasteiger partial charge in [0.25, 0.3) is 0 Å². The molecule has 0 aromatic carbocycles. The van der Waals surface area contributed by atoms with Crippen LogP contribution in [0.1, 0.15) is 0 Å². The molecule has 2 fully saturated rings.